The summed E-state index contributed by atoms with van der Waals surface area (Å²) in [6.07, 6.45) is 2.16. The zero-order chi connectivity index (χ0) is 19.1. The summed E-state index contributed by atoms with van der Waals surface area (Å²) in [4.78, 5) is 23.6. The standard InChI is InChI=1S/C19H17BrF2N2O2/c1-12-5-6-13(20)11-17(12)24-19(26)9-10-23-18(25)8-7-14-15(21)3-2-4-16(14)22/h2-8,11H,9-10H2,1H3,(H,23,25)(H,24,26)/b8-7+. The number of hydrogen-bond donors (Lipinski definition) is 2. The molecule has 2 aromatic rings. The summed E-state index contributed by atoms with van der Waals surface area (Å²) in [5.74, 6) is -2.30. The minimum absolute atomic E-state index is 0.0690. The highest BCUT2D eigenvalue weighted by Crippen LogP contribution is 2.20. The van der Waals surface area contributed by atoms with Gasteiger partial charge in [0.25, 0.3) is 0 Å². The average molecular weight is 423 g/mol. The van der Waals surface area contributed by atoms with Crippen molar-refractivity contribution in [2.75, 3.05) is 11.9 Å². The van der Waals surface area contributed by atoms with E-state index in [1.165, 1.54) is 6.07 Å². The van der Waals surface area contributed by atoms with Gasteiger partial charge in [-0.3, -0.25) is 9.59 Å². The first kappa shape index (κ1) is 19.8. The average Bonchev–Trinajstić information content (AvgIpc) is 2.57. The van der Waals surface area contributed by atoms with Gasteiger partial charge in [0.1, 0.15) is 11.6 Å². The van der Waals surface area contributed by atoms with Crippen LogP contribution in [0.25, 0.3) is 6.08 Å². The molecular formula is C19H17BrF2N2O2. The lowest BCUT2D eigenvalue weighted by atomic mass is 10.2. The summed E-state index contributed by atoms with van der Waals surface area (Å²) in [5, 5.41) is 5.25. The van der Waals surface area contributed by atoms with Gasteiger partial charge in [0, 0.05) is 34.8 Å². The number of anilines is 1. The number of aryl methyl sites for hydroxylation is 1. The Labute approximate surface area is 158 Å². The first-order chi connectivity index (χ1) is 12.4. The topological polar surface area (TPSA) is 58.2 Å². The van der Waals surface area contributed by atoms with E-state index in [0.717, 1.165) is 34.3 Å². The number of hydrogen-bond acceptors (Lipinski definition) is 2. The molecule has 0 atom stereocenters. The van der Waals surface area contributed by atoms with Crippen LogP contribution in [-0.4, -0.2) is 18.4 Å². The number of amides is 2. The van der Waals surface area contributed by atoms with Gasteiger partial charge >= 0.3 is 0 Å². The highest BCUT2D eigenvalue weighted by Gasteiger charge is 2.07. The van der Waals surface area contributed by atoms with Crippen LogP contribution in [0.4, 0.5) is 14.5 Å². The van der Waals surface area contributed by atoms with Crippen LogP contribution < -0.4 is 10.6 Å². The highest BCUT2D eigenvalue weighted by atomic mass is 79.9. The molecule has 2 N–H and O–H groups in total. The molecule has 26 heavy (non-hydrogen) atoms. The minimum atomic E-state index is -0.752. The summed E-state index contributed by atoms with van der Waals surface area (Å²) in [6, 6.07) is 8.99. The van der Waals surface area contributed by atoms with Crippen molar-refractivity contribution < 1.29 is 18.4 Å². The molecule has 0 spiro atoms. The molecule has 4 nitrogen and oxygen atoms in total. The molecule has 2 aromatic carbocycles. The Kier molecular flexibility index (Phi) is 7.03. The fourth-order valence-electron chi connectivity index (χ4n) is 2.13. The number of carbonyl (C=O) groups is 2. The van der Waals surface area contributed by atoms with E-state index < -0.39 is 17.5 Å². The smallest absolute Gasteiger partial charge is 0.244 e. The third kappa shape index (κ3) is 5.77. The molecule has 2 rings (SSSR count). The summed E-state index contributed by atoms with van der Waals surface area (Å²) < 4.78 is 27.7. The van der Waals surface area contributed by atoms with Gasteiger partial charge in [0.2, 0.25) is 11.8 Å². The lowest BCUT2D eigenvalue weighted by molar-refractivity contribution is -0.117. The van der Waals surface area contributed by atoms with Gasteiger partial charge in [-0.05, 0) is 42.8 Å². The van der Waals surface area contributed by atoms with Gasteiger partial charge in [0.15, 0.2) is 0 Å². The summed E-state index contributed by atoms with van der Waals surface area (Å²) in [6.45, 7) is 1.97. The molecule has 0 fully saturated rings. The molecule has 0 bridgehead atoms. The molecule has 0 heterocycles. The number of halogens is 3. The molecule has 7 heteroatoms. The largest absolute Gasteiger partial charge is 0.352 e. The van der Waals surface area contributed by atoms with Crippen LogP contribution in [0.1, 0.15) is 17.5 Å². The van der Waals surface area contributed by atoms with Gasteiger partial charge in [0.05, 0.1) is 0 Å². The summed E-state index contributed by atoms with van der Waals surface area (Å²) >= 11 is 3.34. The molecular weight excluding hydrogens is 406 g/mol. The Morgan fingerprint density at radius 1 is 1.15 bits per heavy atom. The van der Waals surface area contributed by atoms with Gasteiger partial charge in [-0.1, -0.05) is 28.1 Å². The van der Waals surface area contributed by atoms with Crippen molar-refractivity contribution in [1.29, 1.82) is 0 Å². The third-order valence-electron chi connectivity index (χ3n) is 3.53. The Morgan fingerprint density at radius 2 is 1.85 bits per heavy atom. The second-order valence-electron chi connectivity index (χ2n) is 5.52. The van der Waals surface area contributed by atoms with Crippen LogP contribution in [0.15, 0.2) is 46.9 Å². The van der Waals surface area contributed by atoms with Crippen LogP contribution in [-0.2, 0) is 9.59 Å². The molecule has 2 amide bonds. The molecule has 0 radical (unpaired) electrons. The summed E-state index contributed by atoms with van der Waals surface area (Å²) in [7, 11) is 0. The van der Waals surface area contributed by atoms with Crippen molar-refractivity contribution in [1.82, 2.24) is 5.32 Å². The van der Waals surface area contributed by atoms with Crippen molar-refractivity contribution in [2.24, 2.45) is 0 Å². The third-order valence-corrected chi connectivity index (χ3v) is 4.02. The maximum atomic E-state index is 13.4. The molecule has 0 unspecified atom stereocenters. The first-order valence-electron chi connectivity index (χ1n) is 7.83. The Hall–Kier alpha value is -2.54. The number of carbonyl (C=O) groups excluding carboxylic acids is 2. The van der Waals surface area contributed by atoms with Crippen molar-refractivity contribution >= 4 is 39.5 Å². The second kappa shape index (κ2) is 9.24. The van der Waals surface area contributed by atoms with Crippen molar-refractivity contribution in [3.63, 3.8) is 0 Å². The molecule has 0 saturated carbocycles. The van der Waals surface area contributed by atoms with E-state index >= 15 is 0 Å². The fraction of sp³-hybridized carbons (Fsp3) is 0.158. The normalized spacial score (nSPS) is 10.8. The van der Waals surface area contributed by atoms with E-state index in [9.17, 15) is 18.4 Å². The minimum Gasteiger partial charge on any atom is -0.352 e. The Balaban J connectivity index is 1.82. The lowest BCUT2D eigenvalue weighted by Gasteiger charge is -2.09. The number of nitrogens with one attached hydrogen (secondary N) is 2. The lowest BCUT2D eigenvalue weighted by Crippen LogP contribution is -2.26. The van der Waals surface area contributed by atoms with Crippen LogP contribution in [0.5, 0.6) is 0 Å². The predicted molar refractivity (Wildman–Crippen MR) is 101 cm³/mol. The maximum Gasteiger partial charge on any atom is 0.244 e. The molecule has 0 aromatic heterocycles. The van der Waals surface area contributed by atoms with E-state index in [-0.39, 0.29) is 24.4 Å². The molecule has 0 aliphatic heterocycles. The Bertz CT molecular complexity index is 833. The second-order valence-corrected chi connectivity index (χ2v) is 6.43. The predicted octanol–water partition coefficient (Wildman–Crippen LogP) is 4.19. The van der Waals surface area contributed by atoms with E-state index in [4.69, 9.17) is 0 Å². The van der Waals surface area contributed by atoms with Crippen molar-refractivity contribution in [3.8, 4) is 0 Å². The SMILES string of the molecule is Cc1ccc(Br)cc1NC(=O)CCNC(=O)/C=C/c1c(F)cccc1F. The maximum absolute atomic E-state index is 13.4. The van der Waals surface area contributed by atoms with Crippen molar-refractivity contribution in [2.45, 2.75) is 13.3 Å². The van der Waals surface area contributed by atoms with Crippen LogP contribution in [0.2, 0.25) is 0 Å². The van der Waals surface area contributed by atoms with E-state index in [1.807, 2.05) is 19.1 Å². The zero-order valence-corrected chi connectivity index (χ0v) is 15.6. The van der Waals surface area contributed by atoms with Crippen molar-refractivity contribution in [3.05, 3.63) is 69.7 Å². The summed E-state index contributed by atoms with van der Waals surface area (Å²) in [5.41, 5.74) is 1.32. The molecule has 0 aliphatic carbocycles. The van der Waals surface area contributed by atoms with Crippen LogP contribution in [0.3, 0.4) is 0 Å². The van der Waals surface area contributed by atoms with E-state index in [0.29, 0.717) is 5.69 Å². The monoisotopic (exact) mass is 422 g/mol. The number of rotatable bonds is 6. The van der Waals surface area contributed by atoms with E-state index in [1.54, 1.807) is 6.07 Å². The quantitative estimate of drug-likeness (QED) is 0.685. The van der Waals surface area contributed by atoms with Gasteiger partial charge < -0.3 is 10.6 Å². The first-order valence-corrected chi connectivity index (χ1v) is 8.62. The van der Waals surface area contributed by atoms with E-state index in [2.05, 4.69) is 26.6 Å². The fourth-order valence-corrected chi connectivity index (χ4v) is 2.49. The van der Waals surface area contributed by atoms with Gasteiger partial charge in [-0.2, -0.15) is 0 Å². The molecule has 136 valence electrons. The Morgan fingerprint density at radius 3 is 2.54 bits per heavy atom. The van der Waals surface area contributed by atoms with Crippen LogP contribution >= 0.6 is 15.9 Å². The number of benzene rings is 2. The highest BCUT2D eigenvalue weighted by molar-refractivity contribution is 9.10. The van der Waals surface area contributed by atoms with Gasteiger partial charge in [-0.25, -0.2) is 8.78 Å². The molecule has 0 aliphatic rings. The zero-order valence-electron chi connectivity index (χ0n) is 14.0. The molecule has 0 saturated heterocycles. The van der Waals surface area contributed by atoms with Gasteiger partial charge in [-0.15, -0.1) is 0 Å². The van der Waals surface area contributed by atoms with Crippen LogP contribution in [0, 0.1) is 18.6 Å².